The summed E-state index contributed by atoms with van der Waals surface area (Å²) in [5.41, 5.74) is -1.41. The zero-order chi connectivity index (χ0) is 19.9. The molecule has 0 radical (unpaired) electrons. The third-order valence-corrected chi connectivity index (χ3v) is 3.93. The van der Waals surface area contributed by atoms with E-state index in [1.165, 1.54) is 24.3 Å². The number of rotatable bonds is 2. The third-order valence-electron chi connectivity index (χ3n) is 3.93. The third kappa shape index (κ3) is 3.39. The second kappa shape index (κ2) is 6.68. The van der Waals surface area contributed by atoms with Crippen LogP contribution >= 0.6 is 0 Å². The van der Waals surface area contributed by atoms with E-state index in [9.17, 15) is 35.1 Å². The molecule has 0 bridgehead atoms. The summed E-state index contributed by atoms with van der Waals surface area (Å²) in [6.07, 6.45) is -4.49. The van der Waals surface area contributed by atoms with Crippen LogP contribution < -0.4 is 0 Å². The van der Waals surface area contributed by atoms with Crippen LogP contribution in [-0.2, 0) is 6.18 Å². The van der Waals surface area contributed by atoms with Crippen molar-refractivity contribution in [2.45, 2.75) is 6.18 Å². The second-order valence-corrected chi connectivity index (χ2v) is 5.60. The van der Waals surface area contributed by atoms with Crippen LogP contribution in [0.25, 0.3) is 22.3 Å². The molecule has 0 aliphatic heterocycles. The van der Waals surface area contributed by atoms with Crippen LogP contribution in [0.2, 0.25) is 0 Å². The Hall–Kier alpha value is -2.90. The van der Waals surface area contributed by atoms with Gasteiger partial charge in [0, 0.05) is 0 Å². The molecule has 0 N–H and O–H groups in total. The van der Waals surface area contributed by atoms with E-state index < -0.39 is 46.4 Å². The molecule has 3 aromatic carbocycles. The summed E-state index contributed by atoms with van der Waals surface area (Å²) in [5, 5.41) is 0. The average molecular weight is 388 g/mol. The molecule has 0 saturated heterocycles. The standard InChI is InChI=1S/C19H8F8/c20-14-13(15(21)17(23)18(24)16(14)22)11-3-1-9(2-4-11)10-5-7-12(8-6-10)19(25,26)27/h1-8H. The van der Waals surface area contributed by atoms with E-state index in [0.29, 0.717) is 11.1 Å². The van der Waals surface area contributed by atoms with Crippen molar-refractivity contribution >= 4 is 0 Å². The van der Waals surface area contributed by atoms with Crippen molar-refractivity contribution in [2.75, 3.05) is 0 Å². The summed E-state index contributed by atoms with van der Waals surface area (Å²) < 4.78 is 105. The number of alkyl halides is 3. The molecule has 0 spiro atoms. The molecule has 0 aliphatic carbocycles. The van der Waals surface area contributed by atoms with Crippen LogP contribution in [0.5, 0.6) is 0 Å². The lowest BCUT2D eigenvalue weighted by Crippen LogP contribution is -2.04. The lowest BCUT2D eigenvalue weighted by molar-refractivity contribution is -0.137. The van der Waals surface area contributed by atoms with Crippen LogP contribution in [0, 0.1) is 29.1 Å². The van der Waals surface area contributed by atoms with Gasteiger partial charge < -0.3 is 0 Å². The topological polar surface area (TPSA) is 0 Å². The van der Waals surface area contributed by atoms with E-state index in [1.54, 1.807) is 0 Å². The molecule has 0 amide bonds. The Bertz CT molecular complexity index is 957. The van der Waals surface area contributed by atoms with Crippen LogP contribution in [-0.4, -0.2) is 0 Å². The molecular weight excluding hydrogens is 380 g/mol. The molecule has 27 heavy (non-hydrogen) atoms. The molecule has 3 aromatic rings. The number of hydrogen-bond donors (Lipinski definition) is 0. The molecule has 0 nitrogen and oxygen atoms in total. The predicted molar refractivity (Wildman–Crippen MR) is 82.1 cm³/mol. The molecule has 0 heterocycles. The van der Waals surface area contributed by atoms with Gasteiger partial charge in [-0.15, -0.1) is 0 Å². The first kappa shape index (κ1) is 18.9. The molecular formula is C19H8F8. The van der Waals surface area contributed by atoms with Crippen molar-refractivity contribution in [2.24, 2.45) is 0 Å². The van der Waals surface area contributed by atoms with E-state index in [-0.39, 0.29) is 5.56 Å². The minimum Gasteiger partial charge on any atom is -0.203 e. The fraction of sp³-hybridized carbons (Fsp3) is 0.0526. The normalized spacial score (nSPS) is 11.7. The lowest BCUT2D eigenvalue weighted by atomic mass is 9.98. The smallest absolute Gasteiger partial charge is 0.203 e. The first-order chi connectivity index (χ1) is 12.6. The van der Waals surface area contributed by atoms with Crippen molar-refractivity contribution < 1.29 is 35.1 Å². The Morgan fingerprint density at radius 3 is 1.19 bits per heavy atom. The number of halogens is 8. The fourth-order valence-corrected chi connectivity index (χ4v) is 2.54. The summed E-state index contributed by atoms with van der Waals surface area (Å²) in [7, 11) is 0. The summed E-state index contributed by atoms with van der Waals surface area (Å²) in [6, 6.07) is 8.98. The highest BCUT2D eigenvalue weighted by Gasteiger charge is 2.30. The van der Waals surface area contributed by atoms with E-state index in [2.05, 4.69) is 0 Å². The van der Waals surface area contributed by atoms with Crippen LogP contribution in [0.4, 0.5) is 35.1 Å². The van der Waals surface area contributed by atoms with E-state index in [4.69, 9.17) is 0 Å². The van der Waals surface area contributed by atoms with Gasteiger partial charge in [0.2, 0.25) is 5.82 Å². The monoisotopic (exact) mass is 388 g/mol. The van der Waals surface area contributed by atoms with Crippen LogP contribution in [0.1, 0.15) is 5.56 Å². The van der Waals surface area contributed by atoms with Crippen molar-refractivity contribution in [3.8, 4) is 22.3 Å². The maximum absolute atomic E-state index is 13.8. The highest BCUT2D eigenvalue weighted by Crippen LogP contribution is 2.34. The Labute approximate surface area is 147 Å². The van der Waals surface area contributed by atoms with Gasteiger partial charge in [-0.25, -0.2) is 22.0 Å². The molecule has 0 aromatic heterocycles. The number of benzene rings is 3. The van der Waals surface area contributed by atoms with Gasteiger partial charge in [-0.05, 0) is 28.8 Å². The lowest BCUT2D eigenvalue weighted by Gasteiger charge is -2.10. The fourth-order valence-electron chi connectivity index (χ4n) is 2.54. The van der Waals surface area contributed by atoms with Crippen molar-refractivity contribution in [1.82, 2.24) is 0 Å². The van der Waals surface area contributed by atoms with Crippen molar-refractivity contribution in [3.63, 3.8) is 0 Å². The van der Waals surface area contributed by atoms with E-state index in [1.807, 2.05) is 0 Å². The predicted octanol–water partition coefficient (Wildman–Crippen LogP) is 6.73. The van der Waals surface area contributed by atoms with Gasteiger partial charge in [-0.3, -0.25) is 0 Å². The highest BCUT2D eigenvalue weighted by atomic mass is 19.4. The van der Waals surface area contributed by atoms with Crippen LogP contribution in [0.15, 0.2) is 48.5 Å². The Balaban J connectivity index is 2.00. The summed E-state index contributed by atoms with van der Waals surface area (Å²) in [6.45, 7) is 0. The van der Waals surface area contributed by atoms with Crippen LogP contribution in [0.3, 0.4) is 0 Å². The average Bonchev–Trinajstić information content (AvgIpc) is 2.65. The Kier molecular flexibility index (Phi) is 4.67. The minimum absolute atomic E-state index is 0.265. The molecule has 140 valence electrons. The maximum Gasteiger partial charge on any atom is 0.416 e. The second-order valence-electron chi connectivity index (χ2n) is 5.60. The molecule has 3 rings (SSSR count). The van der Waals surface area contributed by atoms with Gasteiger partial charge in [-0.1, -0.05) is 36.4 Å². The summed E-state index contributed by atoms with van der Waals surface area (Å²) in [5.74, 6) is -10.3. The van der Waals surface area contributed by atoms with Crippen molar-refractivity contribution in [1.29, 1.82) is 0 Å². The largest absolute Gasteiger partial charge is 0.416 e. The molecule has 0 unspecified atom stereocenters. The maximum atomic E-state index is 13.8. The van der Waals surface area contributed by atoms with Gasteiger partial charge >= 0.3 is 6.18 Å². The SMILES string of the molecule is Fc1c(F)c(F)c(-c2ccc(-c3ccc(C(F)(F)F)cc3)cc2)c(F)c1F. The minimum atomic E-state index is -4.49. The van der Waals surface area contributed by atoms with E-state index >= 15 is 0 Å². The van der Waals surface area contributed by atoms with Gasteiger partial charge in [0.1, 0.15) is 0 Å². The quantitative estimate of drug-likeness (QED) is 0.259. The Morgan fingerprint density at radius 2 is 0.778 bits per heavy atom. The van der Waals surface area contributed by atoms with Gasteiger partial charge in [-0.2, -0.15) is 13.2 Å². The summed E-state index contributed by atoms with van der Waals surface area (Å²) >= 11 is 0. The molecule has 8 heteroatoms. The van der Waals surface area contributed by atoms with Gasteiger partial charge in [0.25, 0.3) is 0 Å². The first-order valence-electron chi connectivity index (χ1n) is 7.40. The summed E-state index contributed by atoms with van der Waals surface area (Å²) in [4.78, 5) is 0. The zero-order valence-corrected chi connectivity index (χ0v) is 13.1. The highest BCUT2D eigenvalue weighted by molar-refractivity contribution is 5.71. The van der Waals surface area contributed by atoms with Gasteiger partial charge in [0.15, 0.2) is 23.3 Å². The van der Waals surface area contributed by atoms with Gasteiger partial charge in [0.05, 0.1) is 11.1 Å². The molecule has 0 saturated carbocycles. The number of hydrogen-bond acceptors (Lipinski definition) is 0. The Morgan fingerprint density at radius 1 is 0.444 bits per heavy atom. The molecule has 0 fully saturated rings. The zero-order valence-electron chi connectivity index (χ0n) is 13.1. The van der Waals surface area contributed by atoms with E-state index in [0.717, 1.165) is 24.3 Å². The first-order valence-corrected chi connectivity index (χ1v) is 7.40. The van der Waals surface area contributed by atoms with Crippen molar-refractivity contribution in [3.05, 3.63) is 83.2 Å². The molecule has 0 atom stereocenters. The molecule has 0 aliphatic rings.